The lowest BCUT2D eigenvalue weighted by molar-refractivity contribution is 0.278. The highest BCUT2D eigenvalue weighted by Crippen LogP contribution is 2.20. The van der Waals surface area contributed by atoms with Crippen molar-refractivity contribution in [3.8, 4) is 0 Å². The minimum absolute atomic E-state index is 0.0129. The van der Waals surface area contributed by atoms with Crippen molar-refractivity contribution in [3.05, 3.63) is 23.5 Å². The number of anilines is 1. The molecular weight excluding hydrogens is 281 g/mol. The summed E-state index contributed by atoms with van der Waals surface area (Å²) in [5.74, 6) is -0.580. The second-order valence-electron chi connectivity index (χ2n) is 5.12. The Morgan fingerprint density at radius 2 is 2.00 bits per heavy atom. The summed E-state index contributed by atoms with van der Waals surface area (Å²) >= 11 is 0. The first-order chi connectivity index (χ1) is 9.15. The Morgan fingerprint density at radius 1 is 1.40 bits per heavy atom. The number of nitrogens with two attached hydrogens (primary N) is 1. The topological polar surface area (TPSA) is 75.4 Å². The molecule has 5 nitrogen and oxygen atoms in total. The van der Waals surface area contributed by atoms with Crippen LogP contribution in [-0.2, 0) is 10.0 Å². The number of sulfonamides is 1. The molecule has 0 aliphatic carbocycles. The molecule has 114 valence electrons. The highest BCUT2D eigenvalue weighted by atomic mass is 32.2. The fourth-order valence-electron chi connectivity index (χ4n) is 1.62. The lowest BCUT2D eigenvalue weighted by Crippen LogP contribution is -2.36. The van der Waals surface area contributed by atoms with E-state index in [2.05, 4.69) is 4.72 Å². The molecular formula is C13H22FN3O2S. The third-order valence-electron chi connectivity index (χ3n) is 3.20. The van der Waals surface area contributed by atoms with Gasteiger partial charge in [-0.05, 0) is 45.5 Å². The zero-order valence-electron chi connectivity index (χ0n) is 12.3. The Labute approximate surface area is 120 Å². The summed E-state index contributed by atoms with van der Waals surface area (Å²) in [5, 5.41) is 0. The van der Waals surface area contributed by atoms with Crippen LogP contribution in [0.3, 0.4) is 0 Å². The quantitative estimate of drug-likeness (QED) is 0.778. The molecule has 1 rings (SSSR count). The maximum atomic E-state index is 13.4. The Kier molecular flexibility index (Phi) is 5.50. The summed E-state index contributed by atoms with van der Waals surface area (Å²) < 4.78 is 40.1. The monoisotopic (exact) mass is 303 g/mol. The van der Waals surface area contributed by atoms with Crippen LogP contribution in [0.25, 0.3) is 0 Å². The number of rotatable bonds is 6. The van der Waals surface area contributed by atoms with Crippen molar-refractivity contribution in [1.29, 1.82) is 0 Å². The van der Waals surface area contributed by atoms with Crippen LogP contribution >= 0.6 is 0 Å². The van der Waals surface area contributed by atoms with Crippen molar-refractivity contribution in [2.75, 3.05) is 25.9 Å². The van der Waals surface area contributed by atoms with E-state index in [4.69, 9.17) is 5.73 Å². The molecule has 0 aromatic heterocycles. The Hall–Kier alpha value is -1.18. The fourth-order valence-corrected chi connectivity index (χ4v) is 2.76. The molecule has 7 heteroatoms. The maximum Gasteiger partial charge on any atom is 0.240 e. The molecule has 0 fully saturated rings. The summed E-state index contributed by atoms with van der Waals surface area (Å²) in [6.07, 6.45) is 0. The van der Waals surface area contributed by atoms with Gasteiger partial charge in [0.15, 0.2) is 0 Å². The second kappa shape index (κ2) is 6.51. The molecule has 3 N–H and O–H groups in total. The maximum absolute atomic E-state index is 13.4. The van der Waals surface area contributed by atoms with E-state index in [0.717, 1.165) is 6.07 Å². The highest BCUT2D eigenvalue weighted by molar-refractivity contribution is 7.89. The van der Waals surface area contributed by atoms with Crippen molar-refractivity contribution in [2.24, 2.45) is 0 Å². The van der Waals surface area contributed by atoms with Gasteiger partial charge in [-0.3, -0.25) is 0 Å². The number of likely N-dealkylation sites (N-methyl/N-ethyl adjacent to an activating group) is 1. The molecule has 1 aromatic rings. The lowest BCUT2D eigenvalue weighted by atomic mass is 10.2. The smallest absolute Gasteiger partial charge is 0.240 e. The van der Waals surface area contributed by atoms with E-state index in [0.29, 0.717) is 12.6 Å². The van der Waals surface area contributed by atoms with Crippen molar-refractivity contribution in [2.45, 2.75) is 31.7 Å². The summed E-state index contributed by atoms with van der Waals surface area (Å²) in [5.41, 5.74) is 5.51. The third kappa shape index (κ3) is 4.16. The molecule has 0 bridgehead atoms. The van der Waals surface area contributed by atoms with Gasteiger partial charge >= 0.3 is 0 Å². The van der Waals surface area contributed by atoms with Crippen LogP contribution in [0.4, 0.5) is 10.1 Å². The van der Waals surface area contributed by atoms with E-state index >= 15 is 0 Å². The normalized spacial score (nSPS) is 12.3. The molecule has 0 aliphatic heterocycles. The predicted molar refractivity (Wildman–Crippen MR) is 78.5 cm³/mol. The van der Waals surface area contributed by atoms with Crippen LogP contribution < -0.4 is 10.5 Å². The van der Waals surface area contributed by atoms with Gasteiger partial charge in [0.25, 0.3) is 0 Å². The van der Waals surface area contributed by atoms with E-state index in [1.165, 1.54) is 13.0 Å². The van der Waals surface area contributed by atoms with Crippen LogP contribution in [0, 0.1) is 12.7 Å². The van der Waals surface area contributed by atoms with Crippen LogP contribution in [-0.4, -0.2) is 39.5 Å². The minimum Gasteiger partial charge on any atom is -0.396 e. The second-order valence-corrected chi connectivity index (χ2v) is 6.88. The number of benzene rings is 1. The van der Waals surface area contributed by atoms with Gasteiger partial charge in [0, 0.05) is 19.1 Å². The Balaban J connectivity index is 2.80. The van der Waals surface area contributed by atoms with E-state index in [1.807, 2.05) is 25.8 Å². The molecule has 0 aliphatic rings. The molecule has 0 saturated carbocycles. The van der Waals surface area contributed by atoms with Gasteiger partial charge in [0.2, 0.25) is 10.0 Å². The Morgan fingerprint density at radius 3 is 2.50 bits per heavy atom. The first kappa shape index (κ1) is 16.9. The molecule has 0 heterocycles. The van der Waals surface area contributed by atoms with Crippen molar-refractivity contribution >= 4 is 15.7 Å². The number of halogens is 1. The van der Waals surface area contributed by atoms with Crippen LogP contribution in [0.2, 0.25) is 0 Å². The van der Waals surface area contributed by atoms with Crippen molar-refractivity contribution in [3.63, 3.8) is 0 Å². The zero-order chi connectivity index (χ0) is 15.5. The first-order valence-electron chi connectivity index (χ1n) is 6.40. The fraction of sp³-hybridized carbons (Fsp3) is 0.538. The van der Waals surface area contributed by atoms with Gasteiger partial charge in [0.05, 0.1) is 10.6 Å². The third-order valence-corrected chi connectivity index (χ3v) is 4.65. The number of aryl methyl sites for hydroxylation is 1. The van der Waals surface area contributed by atoms with Crippen LogP contribution in [0.5, 0.6) is 0 Å². The molecule has 1 aromatic carbocycles. The number of hydrogen-bond acceptors (Lipinski definition) is 4. The van der Waals surface area contributed by atoms with Crippen LogP contribution in [0.1, 0.15) is 19.4 Å². The number of nitrogen functional groups attached to an aromatic ring is 1. The predicted octanol–water partition coefficient (Wildman–Crippen LogP) is 1.33. The van der Waals surface area contributed by atoms with E-state index < -0.39 is 15.8 Å². The average molecular weight is 303 g/mol. The standard InChI is InChI=1S/C13H22FN3O2S/c1-9(2)17(4)6-5-16-20(18,19)11-7-10(3)13(14)12(15)8-11/h7-9,16H,5-6,15H2,1-4H3. The molecule has 0 unspecified atom stereocenters. The summed E-state index contributed by atoms with van der Waals surface area (Å²) in [7, 11) is -1.75. The first-order valence-corrected chi connectivity index (χ1v) is 7.89. The average Bonchev–Trinajstić information content (AvgIpc) is 2.34. The molecule has 0 radical (unpaired) electrons. The van der Waals surface area contributed by atoms with Crippen molar-refractivity contribution in [1.82, 2.24) is 9.62 Å². The van der Waals surface area contributed by atoms with Gasteiger partial charge in [-0.2, -0.15) is 0 Å². The van der Waals surface area contributed by atoms with E-state index in [-0.39, 0.29) is 22.7 Å². The highest BCUT2D eigenvalue weighted by Gasteiger charge is 2.17. The van der Waals surface area contributed by atoms with Crippen LogP contribution in [0.15, 0.2) is 17.0 Å². The molecule has 0 saturated heterocycles. The molecule has 0 spiro atoms. The summed E-state index contributed by atoms with van der Waals surface area (Å²) in [6, 6.07) is 2.75. The van der Waals surface area contributed by atoms with Gasteiger partial charge in [-0.15, -0.1) is 0 Å². The number of nitrogens with zero attached hydrogens (tertiary/aromatic N) is 1. The molecule has 0 atom stereocenters. The van der Waals surface area contributed by atoms with E-state index in [1.54, 1.807) is 0 Å². The molecule has 20 heavy (non-hydrogen) atoms. The van der Waals surface area contributed by atoms with Gasteiger partial charge in [0.1, 0.15) is 5.82 Å². The number of hydrogen-bond donors (Lipinski definition) is 2. The van der Waals surface area contributed by atoms with E-state index in [9.17, 15) is 12.8 Å². The van der Waals surface area contributed by atoms with Crippen molar-refractivity contribution < 1.29 is 12.8 Å². The zero-order valence-corrected chi connectivity index (χ0v) is 13.1. The molecule has 0 amide bonds. The SMILES string of the molecule is Cc1cc(S(=O)(=O)NCCN(C)C(C)C)cc(N)c1F. The summed E-state index contributed by atoms with van der Waals surface area (Å²) in [4.78, 5) is 2.01. The van der Waals surface area contributed by atoms with Gasteiger partial charge in [-0.25, -0.2) is 17.5 Å². The van der Waals surface area contributed by atoms with Gasteiger partial charge < -0.3 is 10.6 Å². The lowest BCUT2D eigenvalue weighted by Gasteiger charge is -2.21. The Bertz CT molecular complexity index is 550. The summed E-state index contributed by atoms with van der Waals surface area (Å²) in [6.45, 7) is 6.41. The minimum atomic E-state index is -3.67. The largest absolute Gasteiger partial charge is 0.396 e. The number of nitrogens with one attached hydrogen (secondary N) is 1. The van der Waals surface area contributed by atoms with Gasteiger partial charge in [-0.1, -0.05) is 0 Å².